The maximum absolute atomic E-state index is 14.1. The van der Waals surface area contributed by atoms with E-state index in [9.17, 15) is 9.18 Å². The Kier molecular flexibility index (Phi) is 4.41. The van der Waals surface area contributed by atoms with Crippen LogP contribution in [0.3, 0.4) is 0 Å². The summed E-state index contributed by atoms with van der Waals surface area (Å²) in [6.45, 7) is 3.68. The lowest BCUT2D eigenvalue weighted by Crippen LogP contribution is -2.12. The van der Waals surface area contributed by atoms with Gasteiger partial charge in [-0.1, -0.05) is 17.7 Å². The molecule has 0 spiro atoms. The van der Waals surface area contributed by atoms with E-state index in [0.29, 0.717) is 21.3 Å². The van der Waals surface area contributed by atoms with Crippen LogP contribution in [0.5, 0.6) is 0 Å². The van der Waals surface area contributed by atoms with E-state index in [0.717, 1.165) is 16.6 Å². The molecular formula is C19H13ClFN3O2S. The predicted octanol–water partition coefficient (Wildman–Crippen LogP) is 5.61. The molecule has 4 rings (SSSR count). The largest absolute Gasteiger partial charge is 0.461 e. The Morgan fingerprint density at radius 1 is 1.22 bits per heavy atom. The predicted molar refractivity (Wildman–Crippen MR) is 104 cm³/mol. The maximum atomic E-state index is 14.1. The summed E-state index contributed by atoms with van der Waals surface area (Å²) in [5, 5.41) is 3.34. The van der Waals surface area contributed by atoms with Crippen LogP contribution in [-0.2, 0) is 0 Å². The zero-order valence-corrected chi connectivity index (χ0v) is 15.9. The van der Waals surface area contributed by atoms with Crippen LogP contribution >= 0.6 is 22.9 Å². The van der Waals surface area contributed by atoms with Crippen molar-refractivity contribution in [1.82, 2.24) is 9.97 Å². The first-order valence-corrected chi connectivity index (χ1v) is 9.22. The molecule has 0 aliphatic heterocycles. The molecule has 0 unspecified atom stereocenters. The molecule has 0 radical (unpaired) electrons. The van der Waals surface area contributed by atoms with Gasteiger partial charge < -0.3 is 9.73 Å². The van der Waals surface area contributed by atoms with Crippen molar-refractivity contribution in [3.8, 4) is 11.6 Å². The number of benzene rings is 1. The number of hydrogen-bond donors (Lipinski definition) is 1. The van der Waals surface area contributed by atoms with Crippen LogP contribution in [0.2, 0.25) is 5.02 Å². The lowest BCUT2D eigenvalue weighted by atomic mass is 10.1. The number of anilines is 1. The molecular weight excluding hydrogens is 389 g/mol. The molecule has 0 saturated carbocycles. The third-order valence-corrected chi connectivity index (χ3v) is 5.60. The van der Waals surface area contributed by atoms with Gasteiger partial charge in [0.1, 0.15) is 4.83 Å². The normalized spacial score (nSPS) is 11.1. The fourth-order valence-corrected chi connectivity index (χ4v) is 4.15. The zero-order chi connectivity index (χ0) is 19.1. The summed E-state index contributed by atoms with van der Waals surface area (Å²) in [5.41, 5.74) is 1.52. The molecule has 0 fully saturated rings. The van der Waals surface area contributed by atoms with Gasteiger partial charge in [-0.05, 0) is 43.7 Å². The van der Waals surface area contributed by atoms with Crippen molar-refractivity contribution in [2.45, 2.75) is 13.8 Å². The minimum absolute atomic E-state index is 0.0310. The molecule has 8 heteroatoms. The fourth-order valence-electron chi connectivity index (χ4n) is 2.85. The molecule has 136 valence electrons. The van der Waals surface area contributed by atoms with Gasteiger partial charge in [0.2, 0.25) is 0 Å². The topological polar surface area (TPSA) is 68.0 Å². The van der Waals surface area contributed by atoms with Crippen molar-refractivity contribution in [2.24, 2.45) is 0 Å². The third-order valence-electron chi connectivity index (χ3n) is 4.12. The lowest BCUT2D eigenvalue weighted by Gasteiger charge is -2.06. The second-order valence-corrected chi connectivity index (χ2v) is 7.31. The van der Waals surface area contributed by atoms with Crippen LogP contribution in [-0.4, -0.2) is 15.9 Å². The highest BCUT2D eigenvalue weighted by atomic mass is 35.5. The van der Waals surface area contributed by atoms with Crippen LogP contribution in [0.4, 0.5) is 10.1 Å². The van der Waals surface area contributed by atoms with E-state index >= 15 is 0 Å². The number of carbonyl (C=O) groups excluding carboxylic acids is 1. The number of aryl methyl sites for hydroxylation is 2. The molecule has 3 heterocycles. The highest BCUT2D eigenvalue weighted by molar-refractivity contribution is 7.20. The Morgan fingerprint density at radius 2 is 2.04 bits per heavy atom. The van der Waals surface area contributed by atoms with Gasteiger partial charge in [0, 0.05) is 5.39 Å². The number of nitrogens with one attached hydrogen (secondary N) is 1. The number of rotatable bonds is 3. The summed E-state index contributed by atoms with van der Waals surface area (Å²) < 4.78 is 19.4. The van der Waals surface area contributed by atoms with Crippen molar-refractivity contribution in [3.63, 3.8) is 0 Å². The standard InChI is InChI=1S/C19H13ClFN3O2S/c1-9-14-10(2)22-17(13-7-4-8-26-13)24-19(14)27-16(9)18(25)23-12-6-3-5-11(20)15(12)21/h3-8H,1-2H3,(H,23,25). The van der Waals surface area contributed by atoms with Crippen LogP contribution in [0.1, 0.15) is 20.9 Å². The van der Waals surface area contributed by atoms with Crippen molar-refractivity contribution in [1.29, 1.82) is 0 Å². The van der Waals surface area contributed by atoms with E-state index in [-0.39, 0.29) is 10.7 Å². The molecule has 0 atom stereocenters. The quantitative estimate of drug-likeness (QED) is 0.484. The number of nitrogens with zero attached hydrogens (tertiary/aromatic N) is 2. The molecule has 5 nitrogen and oxygen atoms in total. The van der Waals surface area contributed by atoms with Crippen LogP contribution in [0.25, 0.3) is 21.8 Å². The fraction of sp³-hybridized carbons (Fsp3) is 0.105. The highest BCUT2D eigenvalue weighted by Crippen LogP contribution is 2.34. The summed E-state index contributed by atoms with van der Waals surface area (Å²) in [5.74, 6) is -0.0740. The van der Waals surface area contributed by atoms with Gasteiger partial charge in [-0.3, -0.25) is 4.79 Å². The van der Waals surface area contributed by atoms with E-state index in [1.807, 2.05) is 13.8 Å². The van der Waals surface area contributed by atoms with E-state index in [4.69, 9.17) is 16.0 Å². The first kappa shape index (κ1) is 17.6. The third kappa shape index (κ3) is 3.09. The molecule has 4 aromatic rings. The van der Waals surface area contributed by atoms with E-state index in [2.05, 4.69) is 15.3 Å². The number of halogens is 2. The second-order valence-electron chi connectivity index (χ2n) is 5.90. The summed E-state index contributed by atoms with van der Waals surface area (Å²) >= 11 is 7.00. The summed E-state index contributed by atoms with van der Waals surface area (Å²) in [4.78, 5) is 22.8. The minimum atomic E-state index is -0.664. The molecule has 0 aliphatic rings. The second kappa shape index (κ2) is 6.75. The number of aromatic nitrogens is 2. The Labute approximate surface area is 162 Å². The number of fused-ring (bicyclic) bond motifs is 1. The highest BCUT2D eigenvalue weighted by Gasteiger charge is 2.21. The monoisotopic (exact) mass is 401 g/mol. The minimum Gasteiger partial charge on any atom is -0.461 e. The van der Waals surface area contributed by atoms with Crippen LogP contribution in [0, 0.1) is 19.7 Å². The lowest BCUT2D eigenvalue weighted by molar-refractivity contribution is 0.102. The van der Waals surface area contributed by atoms with Gasteiger partial charge in [0.15, 0.2) is 17.4 Å². The van der Waals surface area contributed by atoms with Gasteiger partial charge in [-0.15, -0.1) is 11.3 Å². The van der Waals surface area contributed by atoms with Crippen molar-refractivity contribution < 1.29 is 13.6 Å². The number of amides is 1. The van der Waals surface area contributed by atoms with Crippen molar-refractivity contribution >= 4 is 44.7 Å². The van der Waals surface area contributed by atoms with Gasteiger partial charge in [-0.25, -0.2) is 14.4 Å². The molecule has 27 heavy (non-hydrogen) atoms. The molecule has 1 aromatic carbocycles. The maximum Gasteiger partial charge on any atom is 0.266 e. The molecule has 3 aromatic heterocycles. The van der Waals surface area contributed by atoms with Crippen LogP contribution in [0.15, 0.2) is 41.0 Å². The summed E-state index contributed by atoms with van der Waals surface area (Å²) in [7, 11) is 0. The molecule has 1 amide bonds. The van der Waals surface area contributed by atoms with E-state index in [1.165, 1.54) is 23.5 Å². The Morgan fingerprint density at radius 3 is 2.78 bits per heavy atom. The number of thiophene rings is 1. The number of furan rings is 1. The SMILES string of the molecule is Cc1nc(-c2ccco2)nc2sc(C(=O)Nc3cccc(Cl)c3F)c(C)c12. The van der Waals surface area contributed by atoms with E-state index < -0.39 is 11.7 Å². The van der Waals surface area contributed by atoms with Crippen molar-refractivity contribution in [3.05, 3.63) is 63.6 Å². The molecule has 1 N–H and O–H groups in total. The number of hydrogen-bond acceptors (Lipinski definition) is 5. The average molecular weight is 402 g/mol. The smallest absolute Gasteiger partial charge is 0.266 e. The number of carbonyl (C=O) groups is 1. The molecule has 0 aliphatic carbocycles. The molecule has 0 bridgehead atoms. The Hall–Kier alpha value is -2.77. The summed E-state index contributed by atoms with van der Waals surface area (Å²) in [6.07, 6.45) is 1.55. The first-order chi connectivity index (χ1) is 13.0. The van der Waals surface area contributed by atoms with Gasteiger partial charge in [0.25, 0.3) is 5.91 Å². The van der Waals surface area contributed by atoms with Crippen molar-refractivity contribution in [2.75, 3.05) is 5.32 Å². The van der Waals surface area contributed by atoms with Gasteiger partial charge >= 0.3 is 0 Å². The molecule has 0 saturated heterocycles. The Bertz CT molecular complexity index is 1170. The van der Waals surface area contributed by atoms with Gasteiger partial charge in [-0.2, -0.15) is 0 Å². The van der Waals surface area contributed by atoms with Crippen LogP contribution < -0.4 is 5.32 Å². The average Bonchev–Trinajstić information content (AvgIpc) is 3.27. The summed E-state index contributed by atoms with van der Waals surface area (Å²) in [6, 6.07) is 7.99. The zero-order valence-electron chi connectivity index (χ0n) is 14.3. The van der Waals surface area contributed by atoms with E-state index in [1.54, 1.807) is 24.5 Å². The first-order valence-electron chi connectivity index (χ1n) is 8.02. The van der Waals surface area contributed by atoms with Gasteiger partial charge in [0.05, 0.1) is 27.5 Å². The Balaban J connectivity index is 1.76.